The molecule has 3 nitrogen and oxygen atoms in total. The SMILES string of the molecule is C=COC(=C)CC(C(=C)OC=C)N(C)C. The highest BCUT2D eigenvalue weighted by Crippen LogP contribution is 2.16. The summed E-state index contributed by atoms with van der Waals surface area (Å²) < 4.78 is 10.2. The maximum Gasteiger partial charge on any atom is 0.114 e. The van der Waals surface area contributed by atoms with Crippen molar-refractivity contribution in [3.63, 3.8) is 0 Å². The first-order chi connectivity index (χ1) is 7.02. The number of ether oxygens (including phenoxy) is 2. The fraction of sp³-hybridized carbons (Fsp3) is 0.333. The van der Waals surface area contributed by atoms with Gasteiger partial charge < -0.3 is 9.47 Å². The largest absolute Gasteiger partial charge is 0.471 e. The molecular weight excluding hydrogens is 190 g/mol. The van der Waals surface area contributed by atoms with E-state index < -0.39 is 0 Å². The van der Waals surface area contributed by atoms with Gasteiger partial charge in [-0.15, -0.1) is 0 Å². The molecule has 0 aromatic rings. The molecule has 0 radical (unpaired) electrons. The van der Waals surface area contributed by atoms with Gasteiger partial charge in [-0.1, -0.05) is 26.3 Å². The lowest BCUT2D eigenvalue weighted by atomic mass is 10.1. The van der Waals surface area contributed by atoms with Gasteiger partial charge in [0.1, 0.15) is 5.76 Å². The Balaban J connectivity index is 4.39. The van der Waals surface area contributed by atoms with Crippen LogP contribution in [-0.4, -0.2) is 25.0 Å². The molecule has 0 heterocycles. The lowest BCUT2D eigenvalue weighted by Gasteiger charge is -2.25. The number of likely N-dealkylation sites (N-methyl/N-ethyl adjacent to an activating group) is 1. The van der Waals surface area contributed by atoms with Gasteiger partial charge >= 0.3 is 0 Å². The zero-order valence-corrected chi connectivity index (χ0v) is 9.53. The van der Waals surface area contributed by atoms with Gasteiger partial charge in [0.15, 0.2) is 0 Å². The second-order valence-corrected chi connectivity index (χ2v) is 3.26. The molecule has 1 unspecified atom stereocenters. The molecule has 0 bridgehead atoms. The number of hydrogen-bond acceptors (Lipinski definition) is 3. The highest BCUT2D eigenvalue weighted by Gasteiger charge is 2.17. The predicted octanol–water partition coefficient (Wildman–Crippen LogP) is 2.65. The molecule has 0 spiro atoms. The number of hydrogen-bond donors (Lipinski definition) is 0. The van der Waals surface area contributed by atoms with Crippen molar-refractivity contribution < 1.29 is 9.47 Å². The lowest BCUT2D eigenvalue weighted by Crippen LogP contribution is -2.30. The van der Waals surface area contributed by atoms with Crippen LogP contribution < -0.4 is 0 Å². The molecule has 0 aliphatic rings. The summed E-state index contributed by atoms with van der Waals surface area (Å²) >= 11 is 0. The summed E-state index contributed by atoms with van der Waals surface area (Å²) in [6.45, 7) is 14.5. The van der Waals surface area contributed by atoms with E-state index >= 15 is 0 Å². The highest BCUT2D eigenvalue weighted by atomic mass is 16.5. The minimum atomic E-state index is 0.00968. The summed E-state index contributed by atoms with van der Waals surface area (Å²) in [4.78, 5) is 1.98. The van der Waals surface area contributed by atoms with E-state index in [1.807, 2.05) is 19.0 Å². The van der Waals surface area contributed by atoms with Gasteiger partial charge in [-0.25, -0.2) is 0 Å². The van der Waals surface area contributed by atoms with Crippen LogP contribution in [0.3, 0.4) is 0 Å². The van der Waals surface area contributed by atoms with Gasteiger partial charge in [-0.3, -0.25) is 4.90 Å². The fourth-order valence-corrected chi connectivity index (χ4v) is 1.15. The Morgan fingerprint density at radius 3 is 2.13 bits per heavy atom. The zero-order valence-electron chi connectivity index (χ0n) is 9.53. The van der Waals surface area contributed by atoms with E-state index in [9.17, 15) is 0 Å². The van der Waals surface area contributed by atoms with E-state index in [2.05, 4.69) is 26.3 Å². The van der Waals surface area contributed by atoms with E-state index in [4.69, 9.17) is 9.47 Å². The van der Waals surface area contributed by atoms with Gasteiger partial charge in [0.05, 0.1) is 24.3 Å². The molecule has 84 valence electrons. The van der Waals surface area contributed by atoms with Crippen LogP contribution in [0.25, 0.3) is 0 Å². The molecule has 0 aliphatic heterocycles. The first-order valence-corrected chi connectivity index (χ1v) is 4.61. The van der Waals surface area contributed by atoms with Crippen LogP contribution in [-0.2, 0) is 9.47 Å². The van der Waals surface area contributed by atoms with Crippen molar-refractivity contribution in [2.24, 2.45) is 0 Å². The van der Waals surface area contributed by atoms with E-state index in [-0.39, 0.29) is 6.04 Å². The maximum absolute atomic E-state index is 5.15. The molecule has 0 aromatic carbocycles. The van der Waals surface area contributed by atoms with Crippen LogP contribution in [0.15, 0.2) is 50.4 Å². The fourth-order valence-electron chi connectivity index (χ4n) is 1.15. The molecule has 1 atom stereocenters. The Bertz CT molecular complexity index is 256. The summed E-state index contributed by atoms with van der Waals surface area (Å²) in [5, 5.41) is 0. The van der Waals surface area contributed by atoms with Crippen LogP contribution >= 0.6 is 0 Å². The monoisotopic (exact) mass is 209 g/mol. The third-order valence-electron chi connectivity index (χ3n) is 1.90. The number of rotatable bonds is 8. The van der Waals surface area contributed by atoms with Gasteiger partial charge in [0, 0.05) is 6.42 Å². The van der Waals surface area contributed by atoms with Crippen LogP contribution in [0.1, 0.15) is 6.42 Å². The molecular formula is C12H19NO2. The van der Waals surface area contributed by atoms with Crippen molar-refractivity contribution in [1.29, 1.82) is 0 Å². The predicted molar refractivity (Wildman–Crippen MR) is 62.9 cm³/mol. The average Bonchev–Trinajstić information content (AvgIpc) is 2.14. The maximum atomic E-state index is 5.15. The van der Waals surface area contributed by atoms with Crippen LogP contribution in [0.2, 0.25) is 0 Å². The van der Waals surface area contributed by atoms with E-state index in [1.54, 1.807) is 0 Å². The van der Waals surface area contributed by atoms with Crippen LogP contribution in [0.5, 0.6) is 0 Å². The van der Waals surface area contributed by atoms with E-state index in [0.29, 0.717) is 17.9 Å². The summed E-state index contributed by atoms with van der Waals surface area (Å²) in [6.07, 6.45) is 3.31. The Hall–Kier alpha value is -1.48. The number of nitrogens with zero attached hydrogens (tertiary/aromatic N) is 1. The molecule has 0 aliphatic carbocycles. The van der Waals surface area contributed by atoms with Crippen molar-refractivity contribution in [3.05, 3.63) is 50.4 Å². The first-order valence-electron chi connectivity index (χ1n) is 4.61. The van der Waals surface area contributed by atoms with Crippen molar-refractivity contribution >= 4 is 0 Å². The van der Waals surface area contributed by atoms with Crippen molar-refractivity contribution in [3.8, 4) is 0 Å². The van der Waals surface area contributed by atoms with E-state index in [0.717, 1.165) is 0 Å². The summed E-state index contributed by atoms with van der Waals surface area (Å²) in [5.41, 5.74) is 0. The minimum absolute atomic E-state index is 0.00968. The molecule has 3 heteroatoms. The smallest absolute Gasteiger partial charge is 0.114 e. The van der Waals surface area contributed by atoms with Crippen molar-refractivity contribution in [2.75, 3.05) is 14.1 Å². The first kappa shape index (κ1) is 13.5. The molecule has 0 aromatic heterocycles. The molecule has 0 amide bonds. The second kappa shape index (κ2) is 6.90. The average molecular weight is 209 g/mol. The molecule has 0 fully saturated rings. The summed E-state index contributed by atoms with van der Waals surface area (Å²) in [7, 11) is 3.87. The standard InChI is InChI=1S/C12H19NO2/c1-7-14-10(3)9-12(13(5)6)11(4)15-8-2/h7-8,12H,1-4,9H2,5-6H3. The van der Waals surface area contributed by atoms with Crippen LogP contribution in [0.4, 0.5) is 0 Å². The van der Waals surface area contributed by atoms with Crippen molar-refractivity contribution in [2.45, 2.75) is 12.5 Å². The van der Waals surface area contributed by atoms with Gasteiger partial charge in [-0.05, 0) is 14.1 Å². The van der Waals surface area contributed by atoms with Gasteiger partial charge in [-0.2, -0.15) is 0 Å². The minimum Gasteiger partial charge on any atom is -0.471 e. The third kappa shape index (κ3) is 5.08. The second-order valence-electron chi connectivity index (χ2n) is 3.26. The lowest BCUT2D eigenvalue weighted by molar-refractivity contribution is 0.204. The van der Waals surface area contributed by atoms with Gasteiger partial charge in [0.2, 0.25) is 0 Å². The molecule has 0 saturated heterocycles. The highest BCUT2D eigenvalue weighted by molar-refractivity contribution is 5.04. The third-order valence-corrected chi connectivity index (χ3v) is 1.90. The Kier molecular flexibility index (Phi) is 6.22. The molecule has 0 N–H and O–H groups in total. The van der Waals surface area contributed by atoms with E-state index in [1.165, 1.54) is 12.5 Å². The van der Waals surface area contributed by atoms with Gasteiger partial charge in [0.25, 0.3) is 0 Å². The Morgan fingerprint density at radius 2 is 1.73 bits per heavy atom. The molecule has 0 saturated carbocycles. The molecule has 15 heavy (non-hydrogen) atoms. The summed E-state index contributed by atoms with van der Waals surface area (Å²) in [6, 6.07) is 0.00968. The Labute approximate surface area is 92.0 Å². The molecule has 0 rings (SSSR count). The normalized spacial score (nSPS) is 11.7. The summed E-state index contributed by atoms with van der Waals surface area (Å²) in [5.74, 6) is 1.24. The van der Waals surface area contributed by atoms with Crippen molar-refractivity contribution in [1.82, 2.24) is 4.90 Å². The zero-order chi connectivity index (χ0) is 11.8. The topological polar surface area (TPSA) is 21.7 Å². The van der Waals surface area contributed by atoms with Crippen LogP contribution in [0, 0.1) is 0 Å². The Morgan fingerprint density at radius 1 is 1.20 bits per heavy atom. The quantitative estimate of drug-likeness (QED) is 0.574.